The van der Waals surface area contributed by atoms with Gasteiger partial charge in [-0.05, 0) is 55.9 Å². The van der Waals surface area contributed by atoms with Crippen LogP contribution in [0.3, 0.4) is 0 Å². The molecule has 0 radical (unpaired) electrons. The summed E-state index contributed by atoms with van der Waals surface area (Å²) in [4.78, 5) is 18.6. The minimum Gasteiger partial charge on any atom is -0.355 e. The first-order valence-electron chi connectivity index (χ1n) is 9.74. The van der Waals surface area contributed by atoms with Gasteiger partial charge in [-0.25, -0.2) is 15.0 Å². The number of thiophene rings is 1. The van der Waals surface area contributed by atoms with Crippen molar-refractivity contribution in [3.05, 3.63) is 16.8 Å². The third-order valence-electron chi connectivity index (χ3n) is 5.66. The van der Waals surface area contributed by atoms with Gasteiger partial charge in [-0.15, -0.1) is 11.3 Å². The highest BCUT2D eigenvalue weighted by Gasteiger charge is 2.26. The highest BCUT2D eigenvalue weighted by Crippen LogP contribution is 2.43. The molecule has 136 valence electrons. The number of thioether (sulfide) groups is 1. The van der Waals surface area contributed by atoms with Gasteiger partial charge in [0.1, 0.15) is 4.83 Å². The van der Waals surface area contributed by atoms with Gasteiger partial charge in [0.25, 0.3) is 0 Å². The topological polar surface area (TPSA) is 41.9 Å². The van der Waals surface area contributed by atoms with E-state index in [1.807, 2.05) is 11.3 Å². The number of pyridine rings is 1. The van der Waals surface area contributed by atoms with Crippen LogP contribution in [0.2, 0.25) is 0 Å². The van der Waals surface area contributed by atoms with Gasteiger partial charge in [-0.1, -0.05) is 25.1 Å². The molecule has 1 fully saturated rings. The first kappa shape index (κ1) is 16.8. The summed E-state index contributed by atoms with van der Waals surface area (Å²) in [6.07, 6.45) is 10.5. The average molecular weight is 385 g/mol. The quantitative estimate of drug-likeness (QED) is 0.467. The van der Waals surface area contributed by atoms with Crippen LogP contribution < -0.4 is 4.90 Å². The summed E-state index contributed by atoms with van der Waals surface area (Å²) in [6, 6.07) is 0. The Morgan fingerprint density at radius 2 is 1.85 bits per heavy atom. The molecule has 6 heteroatoms. The Morgan fingerprint density at radius 3 is 2.62 bits per heavy atom. The molecule has 1 aliphatic heterocycles. The van der Waals surface area contributed by atoms with E-state index in [2.05, 4.69) is 18.1 Å². The van der Waals surface area contributed by atoms with Gasteiger partial charge in [-0.3, -0.25) is 0 Å². The number of nitrogens with zero attached hydrogens (tertiary/aromatic N) is 4. The minimum atomic E-state index is 0.892. The van der Waals surface area contributed by atoms with Crippen molar-refractivity contribution in [3.63, 3.8) is 0 Å². The maximum Gasteiger partial charge on any atom is 0.189 e. The van der Waals surface area contributed by atoms with Crippen LogP contribution in [0.4, 0.5) is 5.82 Å². The van der Waals surface area contributed by atoms with Crippen molar-refractivity contribution in [1.82, 2.24) is 15.0 Å². The van der Waals surface area contributed by atoms with E-state index in [-0.39, 0.29) is 0 Å². The molecule has 0 unspecified atom stereocenters. The highest BCUT2D eigenvalue weighted by atomic mass is 32.2. The van der Waals surface area contributed by atoms with E-state index in [1.54, 1.807) is 11.8 Å². The molecule has 4 nitrogen and oxygen atoms in total. The Bertz CT molecular complexity index is 989. The third kappa shape index (κ3) is 2.53. The number of hydrogen-bond acceptors (Lipinski definition) is 6. The maximum atomic E-state index is 5.12. The molecule has 0 spiro atoms. The standard InChI is InChI=1S/C20H24N4S2/c1-3-7-14-12-8-6-9-13(12)15-16-17(26-19(15)21-14)18(23-20(22-16)25-2)24-10-4-5-11-24/h3-11H2,1-2H3. The number of aryl methyl sites for hydroxylation is 2. The van der Waals surface area contributed by atoms with Crippen LogP contribution in [0.1, 0.15) is 49.4 Å². The molecule has 0 saturated carbocycles. The molecule has 4 heterocycles. The second-order valence-corrected chi connectivity index (χ2v) is 9.08. The van der Waals surface area contributed by atoms with E-state index in [0.717, 1.165) is 42.4 Å². The predicted octanol–water partition coefficient (Wildman–Crippen LogP) is 5.00. The van der Waals surface area contributed by atoms with Crippen molar-refractivity contribution < 1.29 is 0 Å². The van der Waals surface area contributed by atoms with Crippen LogP contribution >= 0.6 is 23.1 Å². The van der Waals surface area contributed by atoms with Crippen LogP contribution in [0.5, 0.6) is 0 Å². The van der Waals surface area contributed by atoms with E-state index in [4.69, 9.17) is 15.0 Å². The Balaban J connectivity index is 1.83. The molecule has 2 aliphatic rings. The van der Waals surface area contributed by atoms with Crippen molar-refractivity contribution in [1.29, 1.82) is 0 Å². The summed E-state index contributed by atoms with van der Waals surface area (Å²) < 4.78 is 1.25. The van der Waals surface area contributed by atoms with E-state index in [0.29, 0.717) is 0 Å². The number of hydrogen-bond donors (Lipinski definition) is 0. The Labute approximate surface area is 162 Å². The van der Waals surface area contributed by atoms with Gasteiger partial charge < -0.3 is 4.90 Å². The normalized spacial score (nSPS) is 16.9. The van der Waals surface area contributed by atoms with Crippen LogP contribution in [-0.2, 0) is 19.3 Å². The summed E-state index contributed by atoms with van der Waals surface area (Å²) in [7, 11) is 0. The molecular formula is C20H24N4S2. The molecule has 0 N–H and O–H groups in total. The number of fused-ring (bicyclic) bond motifs is 5. The van der Waals surface area contributed by atoms with Crippen molar-refractivity contribution in [2.75, 3.05) is 24.2 Å². The summed E-state index contributed by atoms with van der Waals surface area (Å²) in [6.45, 7) is 4.47. The zero-order chi connectivity index (χ0) is 17.7. The number of aromatic nitrogens is 3. The lowest BCUT2D eigenvalue weighted by Gasteiger charge is -2.17. The molecule has 3 aromatic rings. The van der Waals surface area contributed by atoms with Crippen LogP contribution in [0.15, 0.2) is 5.16 Å². The first-order chi connectivity index (χ1) is 12.8. The average Bonchev–Trinajstić information content (AvgIpc) is 3.39. The van der Waals surface area contributed by atoms with Crippen LogP contribution in [0, 0.1) is 0 Å². The van der Waals surface area contributed by atoms with Crippen molar-refractivity contribution in [2.45, 2.75) is 57.0 Å². The van der Waals surface area contributed by atoms with Crippen molar-refractivity contribution >= 4 is 49.3 Å². The van der Waals surface area contributed by atoms with Crippen LogP contribution in [0.25, 0.3) is 20.4 Å². The van der Waals surface area contributed by atoms with Gasteiger partial charge >= 0.3 is 0 Å². The van der Waals surface area contributed by atoms with E-state index >= 15 is 0 Å². The lowest BCUT2D eigenvalue weighted by Crippen LogP contribution is -2.19. The molecule has 3 aromatic heterocycles. The lowest BCUT2D eigenvalue weighted by molar-refractivity contribution is 0.856. The van der Waals surface area contributed by atoms with Gasteiger partial charge in [0.05, 0.1) is 10.2 Å². The molecule has 0 aromatic carbocycles. The molecule has 0 bridgehead atoms. The van der Waals surface area contributed by atoms with Gasteiger partial charge in [-0.2, -0.15) is 0 Å². The molecule has 26 heavy (non-hydrogen) atoms. The molecule has 1 saturated heterocycles. The fraction of sp³-hybridized carbons (Fsp3) is 0.550. The summed E-state index contributed by atoms with van der Waals surface area (Å²) in [5.41, 5.74) is 5.54. The van der Waals surface area contributed by atoms with E-state index < -0.39 is 0 Å². The number of anilines is 1. The number of rotatable bonds is 4. The Hall–Kier alpha value is -1.40. The fourth-order valence-electron chi connectivity index (χ4n) is 4.49. The minimum absolute atomic E-state index is 0.892. The second-order valence-electron chi connectivity index (χ2n) is 7.31. The summed E-state index contributed by atoms with van der Waals surface area (Å²) in [5.74, 6) is 1.14. The summed E-state index contributed by atoms with van der Waals surface area (Å²) >= 11 is 3.46. The van der Waals surface area contributed by atoms with E-state index in [1.165, 1.54) is 63.8 Å². The third-order valence-corrected chi connectivity index (χ3v) is 7.27. The van der Waals surface area contributed by atoms with Crippen molar-refractivity contribution in [3.8, 4) is 0 Å². The predicted molar refractivity (Wildman–Crippen MR) is 112 cm³/mol. The van der Waals surface area contributed by atoms with Gasteiger partial charge in [0, 0.05) is 24.2 Å². The molecule has 0 atom stereocenters. The molecular weight excluding hydrogens is 360 g/mol. The largest absolute Gasteiger partial charge is 0.355 e. The van der Waals surface area contributed by atoms with Crippen molar-refractivity contribution in [2.24, 2.45) is 0 Å². The first-order valence-corrected chi connectivity index (χ1v) is 11.8. The fourth-order valence-corrected chi connectivity index (χ4v) is 6.03. The monoisotopic (exact) mass is 384 g/mol. The zero-order valence-electron chi connectivity index (χ0n) is 15.5. The van der Waals surface area contributed by atoms with E-state index in [9.17, 15) is 0 Å². The van der Waals surface area contributed by atoms with Gasteiger partial charge in [0.15, 0.2) is 11.0 Å². The van der Waals surface area contributed by atoms with Crippen LogP contribution in [-0.4, -0.2) is 34.3 Å². The zero-order valence-corrected chi connectivity index (χ0v) is 17.1. The van der Waals surface area contributed by atoms with Gasteiger partial charge in [0.2, 0.25) is 0 Å². The molecule has 1 aliphatic carbocycles. The highest BCUT2D eigenvalue weighted by molar-refractivity contribution is 7.98. The SMILES string of the molecule is CCCc1nc2sc3c(N4CCCC4)nc(SC)nc3c2c2c1CCC2. The lowest BCUT2D eigenvalue weighted by atomic mass is 10.0. The second kappa shape index (κ2) is 6.64. The summed E-state index contributed by atoms with van der Waals surface area (Å²) in [5, 5.41) is 2.22. The maximum absolute atomic E-state index is 5.12. The Morgan fingerprint density at radius 1 is 1.04 bits per heavy atom. The molecule has 5 rings (SSSR count). The smallest absolute Gasteiger partial charge is 0.189 e. The Kier molecular flexibility index (Phi) is 4.28. The molecule has 0 amide bonds.